The highest BCUT2D eigenvalue weighted by atomic mass is 32.2. The summed E-state index contributed by atoms with van der Waals surface area (Å²) < 4.78 is 44.6. The molecule has 0 atom stereocenters. The average Bonchev–Trinajstić information content (AvgIpc) is 3.38. The summed E-state index contributed by atoms with van der Waals surface area (Å²) in [5, 5.41) is 0.586. The van der Waals surface area contributed by atoms with Crippen LogP contribution in [0.2, 0.25) is 0 Å². The zero-order chi connectivity index (χ0) is 29.1. The number of amides is 1. The number of hydrogen-bond acceptors (Lipinski definition) is 9. The summed E-state index contributed by atoms with van der Waals surface area (Å²) in [6.07, 6.45) is 0. The van der Waals surface area contributed by atoms with Crippen LogP contribution in [0.4, 0.5) is 5.13 Å². The average molecular weight is 593 g/mol. The van der Waals surface area contributed by atoms with Gasteiger partial charge in [0.15, 0.2) is 5.13 Å². The van der Waals surface area contributed by atoms with Crippen LogP contribution in [0.25, 0.3) is 10.2 Å². The second-order valence-corrected chi connectivity index (χ2v) is 11.9. The molecule has 0 saturated carbocycles. The van der Waals surface area contributed by atoms with E-state index in [1.807, 2.05) is 25.1 Å². The van der Waals surface area contributed by atoms with E-state index in [2.05, 4.69) is 18.7 Å². The van der Waals surface area contributed by atoms with E-state index in [0.29, 0.717) is 30.4 Å². The van der Waals surface area contributed by atoms with Crippen molar-refractivity contribution in [2.45, 2.75) is 25.7 Å². The summed E-state index contributed by atoms with van der Waals surface area (Å²) in [6.45, 7) is 10.4. The van der Waals surface area contributed by atoms with Crippen LogP contribution in [-0.2, 0) is 19.5 Å². The SMILES string of the molecule is CCOc1ccc2nc(N(CCN(CC)CC)C(=O)c3ccc(S(=O)(=O)N(CCOC)CCOC)cc3)sc2c1. The Labute approximate surface area is 241 Å². The molecular weight excluding hydrogens is 552 g/mol. The lowest BCUT2D eigenvalue weighted by molar-refractivity contribution is 0.0983. The van der Waals surface area contributed by atoms with Gasteiger partial charge < -0.3 is 19.1 Å². The Morgan fingerprint density at radius 3 is 2.12 bits per heavy atom. The number of sulfonamides is 1. The zero-order valence-corrected chi connectivity index (χ0v) is 25.6. The molecule has 2 aromatic carbocycles. The minimum atomic E-state index is -3.80. The molecule has 0 N–H and O–H groups in total. The van der Waals surface area contributed by atoms with Crippen molar-refractivity contribution in [3.05, 3.63) is 48.0 Å². The van der Waals surface area contributed by atoms with Gasteiger partial charge in [-0.15, -0.1) is 0 Å². The molecule has 0 bridgehead atoms. The van der Waals surface area contributed by atoms with Gasteiger partial charge in [-0.05, 0) is 62.5 Å². The second-order valence-electron chi connectivity index (χ2n) is 8.96. The first-order valence-corrected chi connectivity index (χ1v) is 15.7. The minimum absolute atomic E-state index is 0.106. The van der Waals surface area contributed by atoms with Crippen molar-refractivity contribution in [1.29, 1.82) is 0 Å². The van der Waals surface area contributed by atoms with E-state index in [1.165, 1.54) is 42.0 Å². The molecule has 1 heterocycles. The molecule has 0 fully saturated rings. The monoisotopic (exact) mass is 592 g/mol. The minimum Gasteiger partial charge on any atom is -0.494 e. The van der Waals surface area contributed by atoms with Gasteiger partial charge in [0, 0.05) is 46.0 Å². The van der Waals surface area contributed by atoms with E-state index < -0.39 is 10.0 Å². The van der Waals surface area contributed by atoms with Crippen LogP contribution in [0.3, 0.4) is 0 Å². The number of carbonyl (C=O) groups excluding carboxylic acids is 1. The number of benzene rings is 2. The molecule has 0 unspecified atom stereocenters. The van der Waals surface area contributed by atoms with Gasteiger partial charge >= 0.3 is 0 Å². The molecule has 220 valence electrons. The second kappa shape index (κ2) is 15.4. The van der Waals surface area contributed by atoms with Crippen molar-refractivity contribution in [3.63, 3.8) is 0 Å². The van der Waals surface area contributed by atoms with E-state index >= 15 is 0 Å². The van der Waals surface area contributed by atoms with Crippen molar-refractivity contribution < 1.29 is 27.4 Å². The molecule has 0 aliphatic heterocycles. The molecule has 0 radical (unpaired) electrons. The van der Waals surface area contributed by atoms with Gasteiger partial charge in [-0.25, -0.2) is 13.4 Å². The predicted molar refractivity (Wildman–Crippen MR) is 159 cm³/mol. The highest BCUT2D eigenvalue weighted by Gasteiger charge is 2.26. The number of anilines is 1. The van der Waals surface area contributed by atoms with Crippen LogP contribution in [0.15, 0.2) is 47.4 Å². The third-order valence-corrected chi connectivity index (χ3v) is 9.45. The van der Waals surface area contributed by atoms with Gasteiger partial charge in [0.05, 0.1) is 34.9 Å². The van der Waals surface area contributed by atoms with E-state index in [0.717, 1.165) is 29.1 Å². The topological polar surface area (TPSA) is 102 Å². The number of thiazole rings is 1. The molecule has 0 aliphatic rings. The van der Waals surface area contributed by atoms with Crippen LogP contribution in [-0.4, -0.2) is 102 Å². The summed E-state index contributed by atoms with van der Waals surface area (Å²) in [4.78, 5) is 22.6. The van der Waals surface area contributed by atoms with Crippen molar-refractivity contribution >= 4 is 42.6 Å². The lowest BCUT2D eigenvalue weighted by Gasteiger charge is -2.25. The quantitative estimate of drug-likeness (QED) is 0.232. The van der Waals surface area contributed by atoms with Crippen LogP contribution in [0.1, 0.15) is 31.1 Å². The fraction of sp³-hybridized carbons (Fsp3) is 0.500. The summed E-state index contributed by atoms with van der Waals surface area (Å²) in [5.41, 5.74) is 1.17. The van der Waals surface area contributed by atoms with Gasteiger partial charge in [-0.3, -0.25) is 9.69 Å². The Balaban J connectivity index is 1.91. The Bertz CT molecular complexity index is 1320. The first-order chi connectivity index (χ1) is 19.3. The maximum Gasteiger partial charge on any atom is 0.260 e. The molecule has 3 rings (SSSR count). The molecule has 0 spiro atoms. The number of carbonyl (C=O) groups is 1. The highest BCUT2D eigenvalue weighted by Crippen LogP contribution is 2.32. The Kier molecular flexibility index (Phi) is 12.3. The molecular formula is C28H40N4O6S2. The van der Waals surface area contributed by atoms with Gasteiger partial charge in [-0.2, -0.15) is 4.31 Å². The number of rotatable bonds is 17. The van der Waals surface area contributed by atoms with Crippen molar-refractivity contribution in [3.8, 4) is 5.75 Å². The van der Waals surface area contributed by atoms with Crippen LogP contribution in [0.5, 0.6) is 5.75 Å². The Morgan fingerprint density at radius 1 is 0.900 bits per heavy atom. The predicted octanol–water partition coefficient (Wildman–Crippen LogP) is 3.97. The summed E-state index contributed by atoms with van der Waals surface area (Å²) >= 11 is 1.43. The van der Waals surface area contributed by atoms with E-state index in [-0.39, 0.29) is 37.1 Å². The lowest BCUT2D eigenvalue weighted by Crippen LogP contribution is -2.39. The van der Waals surface area contributed by atoms with Crippen molar-refractivity contribution in [1.82, 2.24) is 14.2 Å². The fourth-order valence-electron chi connectivity index (χ4n) is 4.14. The number of hydrogen-bond donors (Lipinski definition) is 0. The molecule has 12 heteroatoms. The summed E-state index contributed by atoms with van der Waals surface area (Å²) in [6, 6.07) is 11.8. The molecule has 1 aromatic heterocycles. The maximum absolute atomic E-state index is 13.8. The van der Waals surface area contributed by atoms with Crippen LogP contribution >= 0.6 is 11.3 Å². The van der Waals surface area contributed by atoms with Gasteiger partial charge in [0.2, 0.25) is 10.0 Å². The number of fused-ring (bicyclic) bond motifs is 1. The lowest BCUT2D eigenvalue weighted by atomic mass is 10.2. The summed E-state index contributed by atoms with van der Waals surface area (Å²) in [5.74, 6) is 0.517. The third kappa shape index (κ3) is 7.99. The van der Waals surface area contributed by atoms with Crippen LogP contribution in [0, 0.1) is 0 Å². The van der Waals surface area contributed by atoms with Crippen molar-refractivity contribution in [2.24, 2.45) is 0 Å². The molecule has 40 heavy (non-hydrogen) atoms. The number of nitrogens with zero attached hydrogens (tertiary/aromatic N) is 4. The number of likely N-dealkylation sites (N-methyl/N-ethyl adjacent to an activating group) is 1. The smallest absolute Gasteiger partial charge is 0.260 e. The fourth-order valence-corrected chi connectivity index (χ4v) is 6.57. The number of ether oxygens (including phenoxy) is 3. The Morgan fingerprint density at radius 2 is 1.55 bits per heavy atom. The molecule has 3 aromatic rings. The molecule has 10 nitrogen and oxygen atoms in total. The molecule has 1 amide bonds. The van der Waals surface area contributed by atoms with Gasteiger partial charge in [-0.1, -0.05) is 25.2 Å². The molecule has 0 aliphatic carbocycles. The standard InChI is InChI=1S/C28H40N4O6S2/c1-6-30(7-2)15-16-32(28-29-25-14-11-23(38-8-3)21-26(25)39-28)27(33)22-9-12-24(13-10-22)40(34,35)31(17-19-36-4)18-20-37-5/h9-14,21H,6-8,15-20H2,1-5H3. The number of aromatic nitrogens is 1. The Hall–Kier alpha value is -2.61. The van der Waals surface area contributed by atoms with E-state index in [4.69, 9.17) is 19.2 Å². The van der Waals surface area contributed by atoms with Crippen molar-refractivity contribution in [2.75, 3.05) is 78.2 Å². The van der Waals surface area contributed by atoms with E-state index in [1.54, 1.807) is 17.0 Å². The maximum atomic E-state index is 13.8. The normalized spacial score (nSPS) is 12.0. The third-order valence-electron chi connectivity index (χ3n) is 6.50. The first kappa shape index (κ1) is 31.9. The van der Waals surface area contributed by atoms with Crippen LogP contribution < -0.4 is 9.64 Å². The summed E-state index contributed by atoms with van der Waals surface area (Å²) in [7, 11) is -0.746. The van der Waals surface area contributed by atoms with Gasteiger partial charge in [0.25, 0.3) is 5.91 Å². The first-order valence-electron chi connectivity index (χ1n) is 13.4. The molecule has 0 saturated heterocycles. The number of methoxy groups -OCH3 is 2. The van der Waals surface area contributed by atoms with E-state index in [9.17, 15) is 13.2 Å². The highest BCUT2D eigenvalue weighted by molar-refractivity contribution is 7.89. The largest absolute Gasteiger partial charge is 0.494 e. The van der Waals surface area contributed by atoms with Gasteiger partial charge in [0.1, 0.15) is 5.75 Å². The zero-order valence-electron chi connectivity index (χ0n) is 24.0.